The number of hydrogen-bond acceptors (Lipinski definition) is 5. The highest BCUT2D eigenvalue weighted by atomic mass is 32.1. The summed E-state index contributed by atoms with van der Waals surface area (Å²) < 4.78 is 6.48. The van der Waals surface area contributed by atoms with Crippen LogP contribution in [0.25, 0.3) is 10.2 Å². The minimum Gasteiger partial charge on any atom is -0.506 e. The van der Waals surface area contributed by atoms with Gasteiger partial charge in [-0.2, -0.15) is 0 Å². The first-order valence-corrected chi connectivity index (χ1v) is 6.89. The van der Waals surface area contributed by atoms with Gasteiger partial charge in [-0.05, 0) is 32.2 Å². The van der Waals surface area contributed by atoms with Crippen LogP contribution in [0.15, 0.2) is 16.2 Å². The van der Waals surface area contributed by atoms with E-state index in [2.05, 4.69) is 0 Å². The van der Waals surface area contributed by atoms with Gasteiger partial charge in [-0.25, -0.2) is 4.79 Å². The average Bonchev–Trinajstić information content (AvgIpc) is 2.77. The molecule has 0 unspecified atom stereocenters. The van der Waals surface area contributed by atoms with Crippen LogP contribution in [0.1, 0.15) is 31.1 Å². The molecule has 2 aromatic heterocycles. The molecule has 0 amide bonds. The predicted octanol–water partition coefficient (Wildman–Crippen LogP) is 2.35. The molecule has 0 aliphatic rings. The van der Waals surface area contributed by atoms with Crippen LogP contribution >= 0.6 is 11.3 Å². The van der Waals surface area contributed by atoms with Crippen molar-refractivity contribution in [1.82, 2.24) is 4.57 Å². The highest BCUT2D eigenvalue weighted by Gasteiger charge is 2.24. The van der Waals surface area contributed by atoms with Crippen LogP contribution in [-0.2, 0) is 11.3 Å². The largest absolute Gasteiger partial charge is 0.506 e. The molecule has 0 saturated carbocycles. The van der Waals surface area contributed by atoms with Crippen molar-refractivity contribution < 1.29 is 14.6 Å². The number of aromatic hydroxyl groups is 1. The molecule has 0 aliphatic heterocycles. The zero-order chi connectivity index (χ0) is 14.2. The van der Waals surface area contributed by atoms with Crippen molar-refractivity contribution in [1.29, 1.82) is 0 Å². The standard InChI is InChI=1S/C13H15NO4S/c1-4-14-11(16)9(13(17)18-7(2)3)10(15)8-5-6-19-12(8)14/h5-7,15H,4H2,1-3H3. The molecule has 19 heavy (non-hydrogen) atoms. The van der Waals surface area contributed by atoms with E-state index in [4.69, 9.17) is 4.74 Å². The van der Waals surface area contributed by atoms with E-state index >= 15 is 0 Å². The Kier molecular flexibility index (Phi) is 3.61. The molecule has 0 radical (unpaired) electrons. The van der Waals surface area contributed by atoms with Crippen molar-refractivity contribution in [3.05, 3.63) is 27.4 Å². The van der Waals surface area contributed by atoms with Crippen molar-refractivity contribution in [2.45, 2.75) is 33.4 Å². The lowest BCUT2D eigenvalue weighted by atomic mass is 10.2. The van der Waals surface area contributed by atoms with Crippen LogP contribution in [-0.4, -0.2) is 21.7 Å². The number of esters is 1. The van der Waals surface area contributed by atoms with E-state index in [1.165, 1.54) is 15.9 Å². The van der Waals surface area contributed by atoms with Gasteiger partial charge in [-0.1, -0.05) is 0 Å². The van der Waals surface area contributed by atoms with Crippen molar-refractivity contribution >= 4 is 27.5 Å². The maximum atomic E-state index is 12.3. The van der Waals surface area contributed by atoms with Crippen LogP contribution in [0, 0.1) is 0 Å². The number of pyridine rings is 1. The van der Waals surface area contributed by atoms with Gasteiger partial charge >= 0.3 is 5.97 Å². The first kappa shape index (κ1) is 13.6. The number of fused-ring (bicyclic) bond motifs is 1. The molecule has 0 aromatic carbocycles. The van der Waals surface area contributed by atoms with Crippen molar-refractivity contribution in [2.75, 3.05) is 0 Å². The monoisotopic (exact) mass is 281 g/mol. The van der Waals surface area contributed by atoms with Crippen LogP contribution in [0.3, 0.4) is 0 Å². The second kappa shape index (κ2) is 5.05. The molecule has 2 heterocycles. The van der Waals surface area contributed by atoms with E-state index in [9.17, 15) is 14.7 Å². The van der Waals surface area contributed by atoms with Gasteiger partial charge in [-0.3, -0.25) is 9.36 Å². The van der Waals surface area contributed by atoms with Gasteiger partial charge < -0.3 is 9.84 Å². The molecule has 0 fully saturated rings. The Morgan fingerprint density at radius 2 is 2.21 bits per heavy atom. The number of rotatable bonds is 3. The van der Waals surface area contributed by atoms with E-state index in [1.807, 2.05) is 6.92 Å². The van der Waals surface area contributed by atoms with Gasteiger partial charge in [0.2, 0.25) is 0 Å². The third kappa shape index (κ3) is 2.23. The third-order valence-corrected chi connectivity index (χ3v) is 3.64. The SMILES string of the molecule is CCn1c(=O)c(C(=O)OC(C)C)c(O)c2ccsc21. The summed E-state index contributed by atoms with van der Waals surface area (Å²) in [6, 6.07) is 1.69. The van der Waals surface area contributed by atoms with Crippen LogP contribution in [0.5, 0.6) is 5.75 Å². The fourth-order valence-electron chi connectivity index (χ4n) is 1.90. The topological polar surface area (TPSA) is 68.5 Å². The molecule has 0 aliphatic carbocycles. The minimum atomic E-state index is -0.784. The second-order valence-electron chi connectivity index (χ2n) is 4.37. The summed E-state index contributed by atoms with van der Waals surface area (Å²) >= 11 is 1.35. The first-order chi connectivity index (χ1) is 8.97. The molecule has 0 saturated heterocycles. The average molecular weight is 281 g/mol. The first-order valence-electron chi connectivity index (χ1n) is 6.01. The normalized spacial score (nSPS) is 11.2. The summed E-state index contributed by atoms with van der Waals surface area (Å²) in [6.45, 7) is 5.63. The van der Waals surface area contributed by atoms with Crippen LogP contribution in [0.4, 0.5) is 0 Å². The van der Waals surface area contributed by atoms with Gasteiger partial charge in [0, 0.05) is 6.54 Å². The predicted molar refractivity (Wildman–Crippen MR) is 74.0 cm³/mol. The fourth-order valence-corrected chi connectivity index (χ4v) is 2.86. The maximum Gasteiger partial charge on any atom is 0.347 e. The van der Waals surface area contributed by atoms with Crippen molar-refractivity contribution in [3.63, 3.8) is 0 Å². The molecular weight excluding hydrogens is 266 g/mol. The Bertz CT molecular complexity index is 684. The summed E-state index contributed by atoms with van der Waals surface area (Å²) in [4.78, 5) is 24.9. The van der Waals surface area contributed by atoms with Crippen molar-refractivity contribution in [3.8, 4) is 5.75 Å². The molecular formula is C13H15NO4S. The molecule has 2 rings (SSSR count). The number of aromatic nitrogens is 1. The molecule has 2 aromatic rings. The Hall–Kier alpha value is -1.82. The van der Waals surface area contributed by atoms with Crippen LogP contribution < -0.4 is 5.56 Å². The summed E-state index contributed by atoms with van der Waals surface area (Å²) in [7, 11) is 0. The van der Waals surface area contributed by atoms with E-state index < -0.39 is 11.5 Å². The Morgan fingerprint density at radius 3 is 2.79 bits per heavy atom. The smallest absolute Gasteiger partial charge is 0.347 e. The Labute approximate surface area is 114 Å². The zero-order valence-corrected chi connectivity index (χ0v) is 11.8. The summed E-state index contributed by atoms with van der Waals surface area (Å²) in [5.74, 6) is -1.08. The zero-order valence-electron chi connectivity index (χ0n) is 11.0. The minimum absolute atomic E-state index is 0.290. The van der Waals surface area contributed by atoms with Gasteiger partial charge in [0.25, 0.3) is 5.56 Å². The lowest BCUT2D eigenvalue weighted by Crippen LogP contribution is -2.28. The molecule has 0 bridgehead atoms. The maximum absolute atomic E-state index is 12.3. The molecule has 5 nitrogen and oxygen atoms in total. The molecule has 0 spiro atoms. The molecule has 102 valence electrons. The van der Waals surface area contributed by atoms with E-state index in [0.717, 1.165) is 0 Å². The fraction of sp³-hybridized carbons (Fsp3) is 0.385. The van der Waals surface area contributed by atoms with Gasteiger partial charge in [0.1, 0.15) is 10.6 Å². The summed E-state index contributed by atoms with van der Waals surface area (Å²) in [5.41, 5.74) is -0.804. The number of aryl methyl sites for hydroxylation is 1. The number of nitrogens with zero attached hydrogens (tertiary/aromatic N) is 1. The van der Waals surface area contributed by atoms with Gasteiger partial charge in [-0.15, -0.1) is 11.3 Å². The lowest BCUT2D eigenvalue weighted by Gasteiger charge is -2.12. The van der Waals surface area contributed by atoms with E-state index in [1.54, 1.807) is 25.3 Å². The number of carbonyl (C=O) groups is 1. The van der Waals surface area contributed by atoms with Gasteiger partial charge in [0.15, 0.2) is 5.56 Å². The Morgan fingerprint density at radius 1 is 1.53 bits per heavy atom. The highest BCUT2D eigenvalue weighted by Crippen LogP contribution is 2.30. The number of carbonyl (C=O) groups excluding carboxylic acids is 1. The lowest BCUT2D eigenvalue weighted by molar-refractivity contribution is 0.0372. The van der Waals surface area contributed by atoms with Crippen molar-refractivity contribution in [2.24, 2.45) is 0 Å². The Balaban J connectivity index is 2.73. The highest BCUT2D eigenvalue weighted by molar-refractivity contribution is 7.16. The number of ether oxygens (including phenoxy) is 1. The van der Waals surface area contributed by atoms with Crippen LogP contribution in [0.2, 0.25) is 0 Å². The van der Waals surface area contributed by atoms with E-state index in [-0.39, 0.29) is 17.4 Å². The molecule has 6 heteroatoms. The molecule has 0 atom stereocenters. The van der Waals surface area contributed by atoms with E-state index in [0.29, 0.717) is 16.8 Å². The summed E-state index contributed by atoms with van der Waals surface area (Å²) in [5, 5.41) is 12.4. The third-order valence-electron chi connectivity index (χ3n) is 2.70. The quantitative estimate of drug-likeness (QED) is 0.877. The number of thiophene rings is 1. The summed E-state index contributed by atoms with van der Waals surface area (Å²) in [6.07, 6.45) is -0.348. The molecule has 1 N–H and O–H groups in total. The van der Waals surface area contributed by atoms with Gasteiger partial charge in [0.05, 0.1) is 11.5 Å². The second-order valence-corrected chi connectivity index (χ2v) is 5.26. The number of hydrogen-bond donors (Lipinski definition) is 1.